The van der Waals surface area contributed by atoms with E-state index in [9.17, 15) is 0 Å². The second kappa shape index (κ2) is 10.2. The van der Waals surface area contributed by atoms with Gasteiger partial charge in [-0.3, -0.25) is 0 Å². The number of fused-ring (bicyclic) bond motifs is 3. The molecule has 1 aromatic heterocycles. The third kappa shape index (κ3) is 4.65. The average Bonchev–Trinajstić information content (AvgIpc) is 3.37. The van der Waals surface area contributed by atoms with Crippen molar-refractivity contribution in [3.63, 3.8) is 0 Å². The molecule has 1 heterocycles. The molecule has 3 heteroatoms. The molecular formula is C36H24BrNS. The van der Waals surface area contributed by atoms with Crippen LogP contribution >= 0.6 is 27.3 Å². The molecule has 0 bridgehead atoms. The summed E-state index contributed by atoms with van der Waals surface area (Å²) in [7, 11) is 0. The van der Waals surface area contributed by atoms with E-state index >= 15 is 0 Å². The molecule has 0 saturated heterocycles. The van der Waals surface area contributed by atoms with Crippen LogP contribution in [0.3, 0.4) is 0 Å². The van der Waals surface area contributed by atoms with Gasteiger partial charge in [-0.1, -0.05) is 94.8 Å². The summed E-state index contributed by atoms with van der Waals surface area (Å²) in [6.07, 6.45) is 0. The van der Waals surface area contributed by atoms with Gasteiger partial charge >= 0.3 is 0 Å². The second-order valence-corrected chi connectivity index (χ2v) is 11.6. The molecule has 0 aliphatic heterocycles. The van der Waals surface area contributed by atoms with Gasteiger partial charge in [-0.15, -0.1) is 11.3 Å². The molecule has 0 atom stereocenters. The van der Waals surface area contributed by atoms with E-state index in [1.807, 2.05) is 11.3 Å². The first-order valence-electron chi connectivity index (χ1n) is 13.0. The van der Waals surface area contributed by atoms with Crippen LogP contribution in [0.2, 0.25) is 0 Å². The van der Waals surface area contributed by atoms with Crippen molar-refractivity contribution in [3.8, 4) is 22.3 Å². The normalized spacial score (nSPS) is 11.2. The third-order valence-corrected chi connectivity index (χ3v) is 8.81. The molecule has 7 rings (SSSR count). The van der Waals surface area contributed by atoms with Gasteiger partial charge in [-0.05, 0) is 89.0 Å². The molecule has 7 aromatic rings. The summed E-state index contributed by atoms with van der Waals surface area (Å²) in [5.41, 5.74) is 8.21. The predicted molar refractivity (Wildman–Crippen MR) is 173 cm³/mol. The molecule has 0 spiro atoms. The maximum atomic E-state index is 3.55. The molecule has 39 heavy (non-hydrogen) atoms. The summed E-state index contributed by atoms with van der Waals surface area (Å²) in [4.78, 5) is 2.32. The lowest BCUT2D eigenvalue weighted by Gasteiger charge is -2.26. The lowest BCUT2D eigenvalue weighted by molar-refractivity contribution is 1.28. The average molecular weight is 583 g/mol. The molecule has 0 N–H and O–H groups in total. The Labute approximate surface area is 240 Å². The zero-order valence-electron chi connectivity index (χ0n) is 21.1. The standard InChI is InChI=1S/C36H24BrNS/c37-29-18-13-25(14-19-29)27-7-6-10-32(23-27)38(30-8-2-1-3-9-30)31-20-15-26(16-21-31)28-17-22-36-34(24-28)33-11-4-5-12-35(33)39-36/h1-24H. The smallest absolute Gasteiger partial charge is 0.0467 e. The van der Waals surface area contributed by atoms with Crippen LogP contribution in [0.25, 0.3) is 42.4 Å². The molecular weight excluding hydrogens is 558 g/mol. The minimum atomic E-state index is 1.08. The molecule has 0 amide bonds. The van der Waals surface area contributed by atoms with Crippen molar-refractivity contribution in [3.05, 3.63) is 150 Å². The highest BCUT2D eigenvalue weighted by Gasteiger charge is 2.14. The summed E-state index contributed by atoms with van der Waals surface area (Å²) in [5, 5.41) is 2.66. The fourth-order valence-corrected chi connectivity index (χ4v) is 6.55. The van der Waals surface area contributed by atoms with E-state index in [0.717, 1.165) is 21.5 Å². The summed E-state index contributed by atoms with van der Waals surface area (Å²) in [6, 6.07) is 52.2. The second-order valence-electron chi connectivity index (χ2n) is 9.58. The van der Waals surface area contributed by atoms with Crippen molar-refractivity contribution < 1.29 is 0 Å². The SMILES string of the molecule is Brc1ccc(-c2cccc(N(c3ccccc3)c3ccc(-c4ccc5sc6ccccc6c5c4)cc3)c2)cc1. The number of nitrogens with zero attached hydrogens (tertiary/aromatic N) is 1. The first-order chi connectivity index (χ1) is 19.2. The Morgan fingerprint density at radius 2 is 1.00 bits per heavy atom. The Kier molecular flexibility index (Phi) is 6.24. The quantitative estimate of drug-likeness (QED) is 0.195. The van der Waals surface area contributed by atoms with E-state index in [-0.39, 0.29) is 0 Å². The van der Waals surface area contributed by atoms with Crippen molar-refractivity contribution in [2.75, 3.05) is 4.90 Å². The van der Waals surface area contributed by atoms with Crippen LogP contribution in [0.15, 0.2) is 150 Å². The monoisotopic (exact) mass is 581 g/mol. The number of halogens is 1. The Bertz CT molecular complexity index is 1910. The molecule has 0 saturated carbocycles. The fourth-order valence-electron chi connectivity index (χ4n) is 5.20. The highest BCUT2D eigenvalue weighted by molar-refractivity contribution is 9.10. The van der Waals surface area contributed by atoms with Crippen LogP contribution in [-0.2, 0) is 0 Å². The Balaban J connectivity index is 1.28. The number of benzene rings is 6. The third-order valence-electron chi connectivity index (χ3n) is 7.13. The van der Waals surface area contributed by atoms with Gasteiger partial charge in [-0.25, -0.2) is 0 Å². The number of hydrogen-bond donors (Lipinski definition) is 0. The van der Waals surface area contributed by atoms with Gasteiger partial charge in [0.1, 0.15) is 0 Å². The number of anilines is 3. The van der Waals surface area contributed by atoms with Crippen LogP contribution < -0.4 is 4.90 Å². The molecule has 0 radical (unpaired) electrons. The van der Waals surface area contributed by atoms with E-state index in [2.05, 4.69) is 166 Å². The van der Waals surface area contributed by atoms with E-state index < -0.39 is 0 Å². The van der Waals surface area contributed by atoms with Crippen LogP contribution in [0.4, 0.5) is 17.1 Å². The summed E-state index contributed by atoms with van der Waals surface area (Å²) >= 11 is 5.41. The Hall–Kier alpha value is -4.18. The molecule has 6 aromatic carbocycles. The van der Waals surface area contributed by atoms with Gasteiger partial charge in [0.25, 0.3) is 0 Å². The minimum Gasteiger partial charge on any atom is -0.310 e. The molecule has 0 unspecified atom stereocenters. The van der Waals surface area contributed by atoms with Crippen molar-refractivity contribution in [2.24, 2.45) is 0 Å². The molecule has 1 nitrogen and oxygen atoms in total. The van der Waals surface area contributed by atoms with Gasteiger partial charge in [0.15, 0.2) is 0 Å². The topological polar surface area (TPSA) is 3.24 Å². The summed E-state index contributed by atoms with van der Waals surface area (Å²) in [6.45, 7) is 0. The zero-order valence-corrected chi connectivity index (χ0v) is 23.5. The molecule has 0 aliphatic rings. The minimum absolute atomic E-state index is 1.08. The van der Waals surface area contributed by atoms with E-state index in [1.54, 1.807) is 0 Å². The zero-order chi connectivity index (χ0) is 26.2. The summed E-state index contributed by atoms with van der Waals surface area (Å²) < 4.78 is 3.75. The van der Waals surface area contributed by atoms with Crippen LogP contribution in [0.5, 0.6) is 0 Å². The number of thiophene rings is 1. The van der Waals surface area contributed by atoms with Crippen molar-refractivity contribution >= 4 is 64.5 Å². The van der Waals surface area contributed by atoms with Gasteiger partial charge in [0.2, 0.25) is 0 Å². The first kappa shape index (κ1) is 23.9. The summed E-state index contributed by atoms with van der Waals surface area (Å²) in [5.74, 6) is 0. The number of para-hydroxylation sites is 1. The fraction of sp³-hybridized carbons (Fsp3) is 0. The lowest BCUT2D eigenvalue weighted by atomic mass is 10.0. The largest absolute Gasteiger partial charge is 0.310 e. The Morgan fingerprint density at radius 3 is 1.79 bits per heavy atom. The van der Waals surface area contributed by atoms with Crippen LogP contribution in [-0.4, -0.2) is 0 Å². The van der Waals surface area contributed by atoms with Gasteiger partial charge in [0.05, 0.1) is 0 Å². The van der Waals surface area contributed by atoms with E-state index in [1.165, 1.54) is 42.4 Å². The molecule has 0 aliphatic carbocycles. The highest BCUT2D eigenvalue weighted by Crippen LogP contribution is 2.39. The van der Waals surface area contributed by atoms with E-state index in [4.69, 9.17) is 0 Å². The predicted octanol–water partition coefficient (Wildman–Crippen LogP) is 11.6. The molecule has 0 fully saturated rings. The molecule has 186 valence electrons. The Morgan fingerprint density at radius 1 is 0.410 bits per heavy atom. The number of rotatable bonds is 5. The van der Waals surface area contributed by atoms with Crippen molar-refractivity contribution in [2.45, 2.75) is 0 Å². The number of hydrogen-bond acceptors (Lipinski definition) is 2. The van der Waals surface area contributed by atoms with Gasteiger partial charge in [0, 0.05) is 41.7 Å². The van der Waals surface area contributed by atoms with Crippen LogP contribution in [0.1, 0.15) is 0 Å². The highest BCUT2D eigenvalue weighted by atomic mass is 79.9. The van der Waals surface area contributed by atoms with Crippen molar-refractivity contribution in [1.82, 2.24) is 0 Å². The van der Waals surface area contributed by atoms with Crippen LogP contribution in [0, 0.1) is 0 Å². The van der Waals surface area contributed by atoms with Crippen molar-refractivity contribution in [1.29, 1.82) is 0 Å². The van der Waals surface area contributed by atoms with Gasteiger partial charge < -0.3 is 4.90 Å². The maximum Gasteiger partial charge on any atom is 0.0467 e. The first-order valence-corrected chi connectivity index (χ1v) is 14.6. The van der Waals surface area contributed by atoms with Gasteiger partial charge in [-0.2, -0.15) is 0 Å². The maximum absolute atomic E-state index is 3.55. The lowest BCUT2D eigenvalue weighted by Crippen LogP contribution is -2.09. The van der Waals surface area contributed by atoms with E-state index in [0.29, 0.717) is 0 Å².